The Labute approximate surface area is 766 Å². The highest BCUT2D eigenvalue weighted by atomic mass is 28.3. The van der Waals surface area contributed by atoms with Crippen molar-refractivity contribution < 1.29 is 35.1 Å². The lowest BCUT2D eigenvalue weighted by atomic mass is 9.87. The first kappa shape index (κ1) is 86.9. The van der Waals surface area contributed by atoms with Gasteiger partial charge in [-0.25, -0.2) is 35.1 Å². The van der Waals surface area contributed by atoms with E-state index in [-0.39, 0.29) is 33.1 Å². The molecule has 20 aromatic rings. The number of anilines is 12. The van der Waals surface area contributed by atoms with Gasteiger partial charge in [0.25, 0.3) is 0 Å². The summed E-state index contributed by atoms with van der Waals surface area (Å²) in [6.45, 7) is 26.6. The Kier molecular flexibility index (Phi) is 22.5. The zero-order chi connectivity index (χ0) is 92.1. The number of hydrogen-bond acceptors (Lipinski definition) is 4. The fourth-order valence-electron chi connectivity index (χ4n) is 18.7. The van der Waals surface area contributed by atoms with E-state index in [9.17, 15) is 0 Å². The molecule has 0 N–H and O–H groups in total. The van der Waals surface area contributed by atoms with Gasteiger partial charge in [0.05, 0.1) is 83.9 Å². The maximum atomic E-state index is 16.4. The zero-order valence-electron chi connectivity index (χ0n) is 75.5. The second-order valence-electron chi connectivity index (χ2n) is 38.3. The summed E-state index contributed by atoms with van der Waals surface area (Å²) in [6.07, 6.45) is 0. The normalized spacial score (nSPS) is 12.1. The molecule has 0 aromatic heterocycles. The highest BCUT2D eigenvalue weighted by Gasteiger charge is 2.32. The van der Waals surface area contributed by atoms with E-state index in [1.54, 1.807) is 97.1 Å². The van der Waals surface area contributed by atoms with Gasteiger partial charge in [-0.05, 0) is 209 Å². The molecule has 20 aromatic carbocycles. The van der Waals surface area contributed by atoms with Crippen LogP contribution in [-0.2, 0) is 10.8 Å². The van der Waals surface area contributed by atoms with Crippen LogP contribution in [0.3, 0.4) is 0 Å². The summed E-state index contributed by atoms with van der Waals surface area (Å²) in [7, 11) is -3.37. The fraction of sp³-hybridized carbons (Fsp3) is 0.119. The third-order valence-electron chi connectivity index (χ3n) is 25.6. The molecule has 0 atom stereocenters. The van der Waals surface area contributed by atoms with Crippen LogP contribution in [0.5, 0.6) is 0 Å². The minimum absolute atomic E-state index is 0.0783. The zero-order valence-corrected chi connectivity index (χ0v) is 77.5. The average Bonchev–Trinajstić information content (AvgIpc) is 0.719. The van der Waals surface area contributed by atoms with Crippen molar-refractivity contribution in [1.29, 1.82) is 0 Å². The topological polar surface area (TPSA) is 13.0 Å². The summed E-state index contributed by atoms with van der Waals surface area (Å²) in [4.78, 5) is 7.72. The van der Waals surface area contributed by atoms with Gasteiger partial charge in [-0.15, -0.1) is 0 Å². The molecule has 0 amide bonds. The van der Waals surface area contributed by atoms with Crippen LogP contribution in [0.4, 0.5) is 103 Å². The maximum Gasteiger partial charge on any atom is 0.136 e. The molecular weight excluding hydrogens is 1680 g/mol. The van der Waals surface area contributed by atoms with Crippen molar-refractivity contribution in [2.24, 2.45) is 0 Å². The van der Waals surface area contributed by atoms with Crippen molar-refractivity contribution in [3.05, 3.63) is 422 Å². The van der Waals surface area contributed by atoms with Crippen LogP contribution in [-0.4, -0.2) is 16.1 Å². The molecule has 0 saturated carbocycles. The van der Waals surface area contributed by atoms with E-state index in [0.29, 0.717) is 45.0 Å². The molecule has 0 unspecified atom stereocenters. The number of halogens is 8. The molecule has 4 nitrogen and oxygen atoms in total. The summed E-state index contributed by atoms with van der Waals surface area (Å²) in [5.74, 6) is -5.33. The van der Waals surface area contributed by atoms with Crippen molar-refractivity contribution in [3.8, 4) is 44.5 Å². The Hall–Kier alpha value is -14.4. The Balaban J connectivity index is 0.000000170. The highest BCUT2D eigenvalue weighted by Crippen LogP contribution is 2.53. The number of rotatable bonds is 18. The molecule has 14 heteroatoms. The van der Waals surface area contributed by atoms with Crippen LogP contribution >= 0.6 is 0 Å². The van der Waals surface area contributed by atoms with Gasteiger partial charge in [0.2, 0.25) is 0 Å². The fourth-order valence-corrected chi connectivity index (χ4v) is 21.1. The lowest BCUT2D eigenvalue weighted by Gasteiger charge is -2.30. The van der Waals surface area contributed by atoms with Crippen LogP contribution in [0, 0.1) is 46.5 Å². The van der Waals surface area contributed by atoms with Gasteiger partial charge in [-0.3, -0.25) is 0 Å². The van der Waals surface area contributed by atoms with Crippen molar-refractivity contribution in [1.82, 2.24) is 0 Å². The molecule has 132 heavy (non-hydrogen) atoms. The standard InChI is InChI=1S/C60H48F4N2.C58H48F4N2Si2/c1-59(2,3)41-21-25-43(26-22-41)65(45-33-49(61)57(50(62)34-45)37-13-9-7-10-14-37)53-31-19-39-18-30-48-54(32-20-40-17-29-47(53)55(39)56(40)48)66(44-27-23-42(24-28-44)60(4,5)6)46-35-51(63)58(52(64)36-46)38-15-11-8-12-16-38;1-65(2,3)45-25-21-41(22-26-45)63(43-33-49(59)57(50(60)34-43)37-13-9-7-10-14-37)53-31-19-39-18-30-48-54(32-20-40-17-29-47(53)55(39)56(40)48)64(42-23-27-46(28-24-42)66(4,5)6)44-35-51(61)58(52(62)36-44)38-15-11-8-12-16-38/h2*7-36H,1-6H3. The highest BCUT2D eigenvalue weighted by molar-refractivity contribution is 6.89. The third kappa shape index (κ3) is 16.2. The number of benzene rings is 20. The first-order valence-corrected chi connectivity index (χ1v) is 51.5. The maximum absolute atomic E-state index is 16.4. The summed E-state index contributed by atoms with van der Waals surface area (Å²) < 4.78 is 131. The molecule has 0 aliphatic heterocycles. The molecule has 0 fully saturated rings. The van der Waals surface area contributed by atoms with Gasteiger partial charge >= 0.3 is 0 Å². The largest absolute Gasteiger partial charge is 0.310 e. The van der Waals surface area contributed by atoms with E-state index in [1.165, 1.54) is 58.9 Å². The summed E-state index contributed by atoms with van der Waals surface area (Å²) in [5, 5.41) is 13.7. The third-order valence-corrected chi connectivity index (χ3v) is 29.7. The van der Waals surface area contributed by atoms with Crippen LogP contribution in [0.1, 0.15) is 52.7 Å². The Morgan fingerprint density at radius 2 is 0.379 bits per heavy atom. The molecule has 0 aliphatic rings. The first-order valence-electron chi connectivity index (χ1n) is 44.5. The molecule has 20 rings (SSSR count). The molecule has 0 bridgehead atoms. The van der Waals surface area contributed by atoms with E-state index in [4.69, 9.17) is 0 Å². The minimum Gasteiger partial charge on any atom is -0.310 e. The summed E-state index contributed by atoms with van der Waals surface area (Å²) in [6, 6.07) is 112. The predicted octanol–water partition coefficient (Wildman–Crippen LogP) is 34.5. The van der Waals surface area contributed by atoms with E-state index >= 15 is 35.1 Å². The van der Waals surface area contributed by atoms with Gasteiger partial charge in [0, 0.05) is 44.3 Å². The van der Waals surface area contributed by atoms with Crippen LogP contribution in [0.25, 0.3) is 109 Å². The number of hydrogen-bond donors (Lipinski definition) is 0. The van der Waals surface area contributed by atoms with Gasteiger partial charge in [0.15, 0.2) is 0 Å². The van der Waals surface area contributed by atoms with Crippen molar-refractivity contribution >= 4 is 159 Å². The van der Waals surface area contributed by atoms with E-state index < -0.39 is 62.7 Å². The lowest BCUT2D eigenvalue weighted by molar-refractivity contribution is 0.589. The average molecular weight is 1780 g/mol. The Morgan fingerprint density at radius 3 is 0.561 bits per heavy atom. The van der Waals surface area contributed by atoms with E-state index in [0.717, 1.165) is 121 Å². The van der Waals surface area contributed by atoms with Gasteiger partial charge in [0.1, 0.15) is 46.5 Å². The van der Waals surface area contributed by atoms with Crippen molar-refractivity contribution in [3.63, 3.8) is 0 Å². The van der Waals surface area contributed by atoms with E-state index in [1.807, 2.05) is 129 Å². The summed E-state index contributed by atoms with van der Waals surface area (Å²) >= 11 is 0. The van der Waals surface area contributed by atoms with Crippen molar-refractivity contribution in [2.75, 3.05) is 19.6 Å². The van der Waals surface area contributed by atoms with Crippen LogP contribution in [0.15, 0.2) is 364 Å². The van der Waals surface area contributed by atoms with Gasteiger partial charge in [-0.2, -0.15) is 0 Å². The van der Waals surface area contributed by atoms with Crippen molar-refractivity contribution in [2.45, 2.75) is 91.7 Å². The molecule has 652 valence electrons. The Morgan fingerprint density at radius 1 is 0.197 bits per heavy atom. The van der Waals surface area contributed by atoms with Crippen LogP contribution in [0.2, 0.25) is 39.3 Å². The molecule has 0 aliphatic carbocycles. The smallest absolute Gasteiger partial charge is 0.136 e. The van der Waals surface area contributed by atoms with Gasteiger partial charge in [-0.1, -0.05) is 334 Å². The van der Waals surface area contributed by atoms with Crippen LogP contribution < -0.4 is 30.0 Å². The predicted molar refractivity (Wildman–Crippen MR) is 544 cm³/mol. The molecular formula is C118H96F8N4Si2. The molecule has 0 heterocycles. The second kappa shape index (κ2) is 34.1. The monoisotopic (exact) mass is 1780 g/mol. The first-order chi connectivity index (χ1) is 63.3. The van der Waals surface area contributed by atoms with Gasteiger partial charge < -0.3 is 19.6 Å². The summed E-state index contributed by atoms with van der Waals surface area (Å²) in [5.41, 5.74) is 10.8. The minimum atomic E-state index is -1.68. The molecule has 0 saturated heterocycles. The Bertz CT molecular complexity index is 6730. The molecule has 0 radical (unpaired) electrons. The SMILES string of the molecule is CC(C)(C)c1ccc(N(c2cc(F)c(-c3ccccc3)c(F)c2)c2ccc3ccc4c(N(c5ccc(C(C)(C)C)cc5)c5cc(F)c(-c6ccccc6)c(F)c5)ccc5ccc2c3c54)cc1.C[Si](C)(C)c1ccc(N(c2cc(F)c(-c3ccccc3)c(F)c2)c2ccc3ccc4c(N(c5ccc([Si](C)(C)C)cc5)c5cc(F)c(-c6ccccc6)c(F)c5)ccc5ccc2c3c54)cc1. The quantitative estimate of drug-likeness (QED) is 0.0482. The number of nitrogens with zero attached hydrogens (tertiary/aromatic N) is 4. The molecule has 0 spiro atoms. The van der Waals surface area contributed by atoms with E-state index in [2.05, 4.69) is 190 Å². The lowest BCUT2D eigenvalue weighted by Crippen LogP contribution is -2.37. The second-order valence-corrected chi connectivity index (χ2v) is 48.5.